The largest absolute Gasteiger partial charge is 0.370 e. The number of Topliss-reactive ketones (excluding diaryl/α,β-unsaturated/α-hetero) is 1. The Morgan fingerprint density at radius 1 is 1.53 bits per heavy atom. The molecular formula is C12H18O2S. The summed E-state index contributed by atoms with van der Waals surface area (Å²) in [6, 6.07) is 1.94. The van der Waals surface area contributed by atoms with Crippen LogP contribution < -0.4 is 0 Å². The number of thiophene rings is 1. The summed E-state index contributed by atoms with van der Waals surface area (Å²) >= 11 is 1.61. The molecule has 84 valence electrons. The average molecular weight is 226 g/mol. The fraction of sp³-hybridized carbons (Fsp3) is 0.583. The highest BCUT2D eigenvalue weighted by Gasteiger charge is 2.19. The van der Waals surface area contributed by atoms with Gasteiger partial charge >= 0.3 is 0 Å². The highest BCUT2D eigenvalue weighted by Crippen LogP contribution is 2.17. The second-order valence-corrected chi connectivity index (χ2v) is 4.66. The monoisotopic (exact) mass is 226 g/mol. The maximum Gasteiger partial charge on any atom is 0.192 e. The summed E-state index contributed by atoms with van der Waals surface area (Å²) in [5.74, 6) is 0.128. The predicted molar refractivity (Wildman–Crippen MR) is 63.7 cm³/mol. The lowest BCUT2D eigenvalue weighted by Gasteiger charge is -2.13. The quantitative estimate of drug-likeness (QED) is 0.694. The molecule has 2 nitrogen and oxygen atoms in total. The number of carbonyl (C=O) groups is 1. The van der Waals surface area contributed by atoms with E-state index in [9.17, 15) is 4.79 Å². The molecule has 0 spiro atoms. The van der Waals surface area contributed by atoms with Crippen molar-refractivity contribution in [3.8, 4) is 0 Å². The number of rotatable bonds is 6. The van der Waals surface area contributed by atoms with Crippen molar-refractivity contribution in [1.82, 2.24) is 0 Å². The first kappa shape index (κ1) is 12.4. The lowest BCUT2D eigenvalue weighted by Crippen LogP contribution is -2.23. The maximum absolute atomic E-state index is 12.0. The first-order valence-electron chi connectivity index (χ1n) is 5.40. The zero-order chi connectivity index (χ0) is 11.3. The third-order valence-corrected chi connectivity index (χ3v) is 3.09. The van der Waals surface area contributed by atoms with Crippen molar-refractivity contribution in [2.45, 2.75) is 39.7 Å². The fourth-order valence-corrected chi connectivity index (χ4v) is 2.20. The Bertz CT molecular complexity index is 311. The molecule has 1 atom stereocenters. The zero-order valence-corrected chi connectivity index (χ0v) is 10.4. The smallest absolute Gasteiger partial charge is 0.192 e. The van der Waals surface area contributed by atoms with Gasteiger partial charge < -0.3 is 4.74 Å². The van der Waals surface area contributed by atoms with Crippen LogP contribution in [0.2, 0.25) is 0 Å². The number of ketones is 1. The highest BCUT2D eigenvalue weighted by atomic mass is 32.1. The van der Waals surface area contributed by atoms with E-state index in [1.54, 1.807) is 11.3 Å². The highest BCUT2D eigenvalue weighted by molar-refractivity contribution is 7.10. The van der Waals surface area contributed by atoms with Gasteiger partial charge in [0.1, 0.15) is 6.10 Å². The van der Waals surface area contributed by atoms with Crippen LogP contribution in [0.3, 0.4) is 0 Å². The van der Waals surface area contributed by atoms with Gasteiger partial charge in [0.25, 0.3) is 0 Å². The molecule has 1 aromatic rings. The molecule has 3 heteroatoms. The molecule has 0 N–H and O–H groups in total. The molecule has 0 amide bonds. The van der Waals surface area contributed by atoms with Crippen LogP contribution in [0.25, 0.3) is 0 Å². The summed E-state index contributed by atoms with van der Waals surface area (Å²) in [4.78, 5) is 13.2. The molecule has 0 radical (unpaired) electrons. The Hall–Kier alpha value is -0.670. The fourth-order valence-electron chi connectivity index (χ4n) is 1.51. The van der Waals surface area contributed by atoms with Crippen LogP contribution in [0.1, 0.15) is 41.9 Å². The van der Waals surface area contributed by atoms with E-state index < -0.39 is 0 Å². The molecule has 0 bridgehead atoms. The summed E-state index contributed by atoms with van der Waals surface area (Å²) in [6.45, 7) is 6.60. The Morgan fingerprint density at radius 3 is 2.73 bits per heavy atom. The van der Waals surface area contributed by atoms with Crippen molar-refractivity contribution < 1.29 is 9.53 Å². The number of ether oxygens (including phenoxy) is 1. The van der Waals surface area contributed by atoms with E-state index in [1.807, 2.05) is 25.3 Å². The van der Waals surface area contributed by atoms with E-state index in [0.29, 0.717) is 6.61 Å². The molecule has 0 aliphatic heterocycles. The Labute approximate surface area is 95.3 Å². The van der Waals surface area contributed by atoms with E-state index in [2.05, 4.69) is 6.92 Å². The van der Waals surface area contributed by atoms with E-state index in [0.717, 1.165) is 18.4 Å². The van der Waals surface area contributed by atoms with Crippen molar-refractivity contribution in [3.63, 3.8) is 0 Å². The molecule has 1 unspecified atom stereocenters. The van der Waals surface area contributed by atoms with Gasteiger partial charge in [0.2, 0.25) is 0 Å². The van der Waals surface area contributed by atoms with E-state index in [1.165, 1.54) is 4.88 Å². The van der Waals surface area contributed by atoms with Gasteiger partial charge in [0.15, 0.2) is 5.78 Å². The predicted octanol–water partition coefficient (Wildman–Crippen LogP) is 3.44. The van der Waals surface area contributed by atoms with Crippen molar-refractivity contribution in [3.05, 3.63) is 21.9 Å². The summed E-state index contributed by atoms with van der Waals surface area (Å²) in [6.07, 6.45) is 1.52. The Balaban J connectivity index is 2.71. The second kappa shape index (κ2) is 6.03. The van der Waals surface area contributed by atoms with Crippen LogP contribution in [-0.2, 0) is 4.74 Å². The van der Waals surface area contributed by atoms with E-state index in [-0.39, 0.29) is 11.9 Å². The summed E-state index contributed by atoms with van der Waals surface area (Å²) in [5, 5.41) is 1.92. The molecule has 0 aliphatic carbocycles. The van der Waals surface area contributed by atoms with Gasteiger partial charge in [-0.05, 0) is 26.3 Å². The maximum atomic E-state index is 12.0. The van der Waals surface area contributed by atoms with Gasteiger partial charge in [-0.3, -0.25) is 4.79 Å². The van der Waals surface area contributed by atoms with Crippen LogP contribution in [-0.4, -0.2) is 18.5 Å². The van der Waals surface area contributed by atoms with Crippen LogP contribution in [0, 0.1) is 6.92 Å². The van der Waals surface area contributed by atoms with Crippen LogP contribution in [0.15, 0.2) is 11.4 Å². The number of hydrogen-bond donors (Lipinski definition) is 0. The summed E-state index contributed by atoms with van der Waals surface area (Å²) in [5.41, 5.74) is 0.796. The van der Waals surface area contributed by atoms with Gasteiger partial charge in [-0.25, -0.2) is 0 Å². The summed E-state index contributed by atoms with van der Waals surface area (Å²) < 4.78 is 5.46. The molecular weight excluding hydrogens is 208 g/mol. The van der Waals surface area contributed by atoms with Crippen molar-refractivity contribution in [2.75, 3.05) is 6.61 Å². The van der Waals surface area contributed by atoms with Gasteiger partial charge in [0.05, 0.1) is 0 Å². The normalized spacial score (nSPS) is 12.7. The average Bonchev–Trinajstić information content (AvgIpc) is 2.63. The van der Waals surface area contributed by atoms with Gasteiger partial charge in [-0.2, -0.15) is 0 Å². The Morgan fingerprint density at radius 2 is 2.27 bits per heavy atom. The van der Waals surface area contributed by atoms with E-state index in [4.69, 9.17) is 4.74 Å². The molecule has 0 aromatic carbocycles. The first-order valence-corrected chi connectivity index (χ1v) is 6.28. The van der Waals surface area contributed by atoms with Gasteiger partial charge in [-0.1, -0.05) is 13.3 Å². The topological polar surface area (TPSA) is 26.3 Å². The lowest BCUT2D eigenvalue weighted by atomic mass is 10.1. The molecule has 15 heavy (non-hydrogen) atoms. The first-order chi connectivity index (χ1) is 7.19. The summed E-state index contributed by atoms with van der Waals surface area (Å²) in [7, 11) is 0. The zero-order valence-electron chi connectivity index (χ0n) is 9.58. The SMILES string of the molecule is CCCC(OCC)C(=O)c1csc(C)c1. The minimum Gasteiger partial charge on any atom is -0.370 e. The van der Waals surface area contributed by atoms with Crippen molar-refractivity contribution in [2.24, 2.45) is 0 Å². The molecule has 0 aliphatic rings. The van der Waals surface area contributed by atoms with E-state index >= 15 is 0 Å². The second-order valence-electron chi connectivity index (χ2n) is 3.54. The molecule has 0 fully saturated rings. The minimum atomic E-state index is -0.256. The number of aryl methyl sites for hydroxylation is 1. The standard InChI is InChI=1S/C12H18O2S/c1-4-6-11(14-5-2)12(13)10-7-9(3)15-8-10/h7-8,11H,4-6H2,1-3H3. The minimum absolute atomic E-state index is 0.128. The third-order valence-electron chi connectivity index (χ3n) is 2.23. The molecule has 1 rings (SSSR count). The molecule has 1 heterocycles. The van der Waals surface area contributed by atoms with Crippen molar-refractivity contribution in [1.29, 1.82) is 0 Å². The molecule has 0 saturated carbocycles. The number of carbonyl (C=O) groups excluding carboxylic acids is 1. The number of hydrogen-bond acceptors (Lipinski definition) is 3. The molecule has 0 saturated heterocycles. The van der Waals surface area contributed by atoms with Crippen LogP contribution >= 0.6 is 11.3 Å². The van der Waals surface area contributed by atoms with Crippen LogP contribution in [0.4, 0.5) is 0 Å². The van der Waals surface area contributed by atoms with Gasteiger partial charge in [0, 0.05) is 22.4 Å². The van der Waals surface area contributed by atoms with Gasteiger partial charge in [-0.15, -0.1) is 11.3 Å². The Kier molecular flexibility index (Phi) is 4.99. The van der Waals surface area contributed by atoms with Crippen LogP contribution in [0.5, 0.6) is 0 Å². The lowest BCUT2D eigenvalue weighted by molar-refractivity contribution is 0.0423. The third kappa shape index (κ3) is 3.43. The molecule has 1 aromatic heterocycles. The van der Waals surface area contributed by atoms with Crippen molar-refractivity contribution >= 4 is 17.1 Å².